The van der Waals surface area contributed by atoms with Gasteiger partial charge in [0.15, 0.2) is 6.61 Å². The van der Waals surface area contributed by atoms with Crippen LogP contribution in [0.1, 0.15) is 24.6 Å². The predicted molar refractivity (Wildman–Crippen MR) is 225 cm³/mol. The quantitative estimate of drug-likeness (QED) is 0.0512. The zero-order chi connectivity index (χ0) is 43.7. The Hall–Kier alpha value is -5.62. The molecule has 0 aliphatic carbocycles. The van der Waals surface area contributed by atoms with Gasteiger partial charge < -0.3 is 29.0 Å². The number of piperazine rings is 1. The summed E-state index contributed by atoms with van der Waals surface area (Å²) in [5, 5.41) is 11.3. The number of pyridine rings is 1. The third-order valence-corrected chi connectivity index (χ3v) is 11.0. The molecule has 0 bridgehead atoms. The van der Waals surface area contributed by atoms with Gasteiger partial charge in [0.1, 0.15) is 24.8 Å². The van der Waals surface area contributed by atoms with Gasteiger partial charge >= 0.3 is 18.2 Å². The normalized spacial score (nSPS) is 14.8. The van der Waals surface area contributed by atoms with Crippen molar-refractivity contribution in [2.75, 3.05) is 53.0 Å². The van der Waals surface area contributed by atoms with E-state index >= 15 is 0 Å². The largest absolute Gasteiger partial charge is 0.492 e. The third-order valence-electron chi connectivity index (χ3n) is 9.78. The fraction of sp³-hybridized carbons (Fsp3) is 0.326. The highest BCUT2D eigenvalue weighted by atomic mass is 35.5. The Balaban J connectivity index is 1.32. The minimum absolute atomic E-state index is 0.00321. The van der Waals surface area contributed by atoms with Gasteiger partial charge in [0.25, 0.3) is 0 Å². The summed E-state index contributed by atoms with van der Waals surface area (Å²) < 4.78 is 80.8. The minimum atomic E-state index is -4.57. The summed E-state index contributed by atoms with van der Waals surface area (Å²) in [4.78, 5) is 29.9. The molecule has 6 rings (SSSR count). The van der Waals surface area contributed by atoms with E-state index in [0.717, 1.165) is 44.3 Å². The molecule has 0 saturated carbocycles. The molecule has 0 unspecified atom stereocenters. The van der Waals surface area contributed by atoms with Crippen molar-refractivity contribution in [1.82, 2.24) is 29.1 Å². The fourth-order valence-corrected chi connectivity index (χ4v) is 7.40. The van der Waals surface area contributed by atoms with E-state index in [0.29, 0.717) is 61.0 Å². The molecule has 4 heterocycles. The van der Waals surface area contributed by atoms with Gasteiger partial charge in [-0.2, -0.15) is 22.5 Å². The number of alkyl halides is 3. The molecule has 2 aromatic carbocycles. The molecule has 0 spiro atoms. The average molecular weight is 883 g/mol. The number of carboxylic acid groups (broad SMARTS) is 1. The van der Waals surface area contributed by atoms with Crippen LogP contribution in [-0.4, -0.2) is 105 Å². The van der Waals surface area contributed by atoms with Crippen LogP contribution in [0.3, 0.4) is 0 Å². The summed E-state index contributed by atoms with van der Waals surface area (Å²) in [7, 11) is 2.10. The highest BCUT2D eigenvalue weighted by Gasteiger charge is 2.30. The van der Waals surface area contributed by atoms with E-state index in [1.807, 2.05) is 13.0 Å². The van der Waals surface area contributed by atoms with Crippen molar-refractivity contribution in [3.63, 3.8) is 0 Å². The van der Waals surface area contributed by atoms with Crippen LogP contribution in [-0.2, 0) is 16.1 Å². The van der Waals surface area contributed by atoms with Gasteiger partial charge in [-0.3, -0.25) is 9.88 Å². The molecule has 1 atom stereocenters. The lowest BCUT2D eigenvalue weighted by Crippen LogP contribution is -2.45. The van der Waals surface area contributed by atoms with Crippen LogP contribution < -0.4 is 14.2 Å². The second-order valence-corrected chi connectivity index (χ2v) is 15.3. The summed E-state index contributed by atoms with van der Waals surface area (Å²) in [6, 6.07) is 10.5. The second-order valence-electron chi connectivity index (χ2n) is 14.1. The molecule has 322 valence electrons. The van der Waals surface area contributed by atoms with E-state index in [9.17, 15) is 27.5 Å². The Bertz CT molecular complexity index is 2420. The molecule has 1 fully saturated rings. The Morgan fingerprint density at radius 2 is 1.90 bits per heavy atom. The maximum absolute atomic E-state index is 14.7. The van der Waals surface area contributed by atoms with E-state index in [2.05, 4.69) is 42.5 Å². The predicted octanol–water partition coefficient (Wildman–Crippen LogP) is 8.94. The zero-order valence-electron chi connectivity index (χ0n) is 33.5. The first kappa shape index (κ1) is 44.9. The fourth-order valence-electron chi connectivity index (χ4n) is 6.48. The highest BCUT2D eigenvalue weighted by Crippen LogP contribution is 2.46. The molecule has 3 aromatic heterocycles. The summed E-state index contributed by atoms with van der Waals surface area (Å²) in [5.74, 6) is -1.01. The molecular formula is C43H43ClF4N6O6S. The number of aliphatic carboxylic acids is 1. The highest BCUT2D eigenvalue weighted by molar-refractivity contribution is 7.13. The number of benzene rings is 2. The molecular weight excluding hydrogens is 840 g/mol. The number of ether oxygens (including phenoxy) is 4. The van der Waals surface area contributed by atoms with Crippen molar-refractivity contribution < 1.29 is 46.4 Å². The number of carbonyl (C=O) groups is 1. The van der Waals surface area contributed by atoms with Crippen LogP contribution >= 0.6 is 23.1 Å². The van der Waals surface area contributed by atoms with Crippen LogP contribution in [0.25, 0.3) is 32.5 Å². The molecule has 1 aliphatic rings. The smallest absolute Gasteiger partial charge is 0.422 e. The molecule has 0 radical (unpaired) electrons. The van der Waals surface area contributed by atoms with Gasteiger partial charge in [-0.1, -0.05) is 54.6 Å². The Morgan fingerprint density at radius 1 is 1.11 bits per heavy atom. The number of hydrogen-bond donors (Lipinski definition) is 1. The lowest BCUT2D eigenvalue weighted by Gasteiger charge is -2.32. The van der Waals surface area contributed by atoms with Crippen molar-refractivity contribution >= 4 is 39.2 Å². The van der Waals surface area contributed by atoms with Gasteiger partial charge in [-0.05, 0) is 73.4 Å². The van der Waals surface area contributed by atoms with Crippen molar-refractivity contribution in [3.05, 3.63) is 113 Å². The van der Waals surface area contributed by atoms with Crippen LogP contribution in [0.2, 0.25) is 5.02 Å². The SMILES string of the molecule is C=C/C=C\C(C[C@@H](Oc1nsc2cnc(-c3cccc(F)c3)c(-c3ccc(OCCN4CCN(C)CC4)c(Cl)c3C)c12)C(=O)O)=C(/C)OCc1ccnc(OCC(F)(F)F)n1. The number of hydrogen-bond acceptors (Lipinski definition) is 12. The number of allylic oxidation sites excluding steroid dienone is 4. The number of carboxylic acids is 1. The first-order chi connectivity index (χ1) is 29.2. The minimum Gasteiger partial charge on any atom is -0.492 e. The zero-order valence-corrected chi connectivity index (χ0v) is 35.1. The van der Waals surface area contributed by atoms with E-state index < -0.39 is 36.7 Å². The van der Waals surface area contributed by atoms with Crippen LogP contribution in [0, 0.1) is 12.7 Å². The van der Waals surface area contributed by atoms with Gasteiger partial charge in [0.05, 0.1) is 32.3 Å². The Morgan fingerprint density at radius 3 is 2.62 bits per heavy atom. The number of aromatic nitrogens is 4. The average Bonchev–Trinajstić information content (AvgIpc) is 3.65. The molecule has 12 nitrogen and oxygen atoms in total. The molecule has 0 amide bonds. The Labute approximate surface area is 358 Å². The van der Waals surface area contributed by atoms with E-state index in [1.165, 1.54) is 30.5 Å². The lowest BCUT2D eigenvalue weighted by molar-refractivity contribution is -0.154. The third kappa shape index (κ3) is 11.8. The monoisotopic (exact) mass is 882 g/mol. The lowest BCUT2D eigenvalue weighted by atomic mass is 9.93. The van der Waals surface area contributed by atoms with Gasteiger partial charge in [-0.15, -0.1) is 0 Å². The molecule has 61 heavy (non-hydrogen) atoms. The van der Waals surface area contributed by atoms with E-state index in [4.69, 9.17) is 30.8 Å². The summed E-state index contributed by atoms with van der Waals surface area (Å²) in [6.07, 6.45) is 1.22. The van der Waals surface area contributed by atoms with Crippen molar-refractivity contribution in [2.45, 2.75) is 39.2 Å². The molecule has 1 N–H and O–H groups in total. The maximum atomic E-state index is 14.7. The number of likely N-dealkylation sites (N-methyl/N-ethyl adjacent to an activating group) is 1. The summed E-state index contributed by atoms with van der Waals surface area (Å²) >= 11 is 8.06. The van der Waals surface area contributed by atoms with Crippen LogP contribution in [0.15, 0.2) is 91.0 Å². The molecule has 1 saturated heterocycles. The summed E-state index contributed by atoms with van der Waals surface area (Å²) in [6.45, 7) is 10.4. The number of halogens is 5. The number of rotatable bonds is 18. The van der Waals surface area contributed by atoms with Crippen LogP contribution in [0.5, 0.6) is 17.6 Å². The molecule has 18 heteroatoms. The maximum Gasteiger partial charge on any atom is 0.422 e. The van der Waals surface area contributed by atoms with Crippen molar-refractivity contribution in [1.29, 1.82) is 0 Å². The van der Waals surface area contributed by atoms with Crippen molar-refractivity contribution in [3.8, 4) is 40.0 Å². The van der Waals surface area contributed by atoms with Crippen LogP contribution in [0.4, 0.5) is 17.6 Å². The van der Waals surface area contributed by atoms with Crippen molar-refractivity contribution in [2.24, 2.45) is 0 Å². The number of fused-ring (bicyclic) bond motifs is 1. The summed E-state index contributed by atoms with van der Waals surface area (Å²) in [5.41, 5.74) is 3.25. The topological polar surface area (TPSA) is 132 Å². The van der Waals surface area contributed by atoms with Gasteiger partial charge in [0.2, 0.25) is 12.0 Å². The van der Waals surface area contributed by atoms with E-state index in [-0.39, 0.29) is 30.4 Å². The molecule has 1 aliphatic heterocycles. The first-order valence-electron chi connectivity index (χ1n) is 19.1. The Kier molecular flexibility index (Phi) is 14.9. The standard InChI is InChI=1S/C43H43ClF4N6O6S/c1-5-6-8-28(27(3)58-24-31-13-14-49-42(51-31)59-25-43(46,47)48)22-34(41(55)56)60-40-37-35(61-52-40)23-50-39(29-9-7-10-30(45)21-29)36(37)32-11-12-33(38(44)26(32)2)57-20-19-54-17-15-53(4)16-18-54/h5-14,21,23,34H,1,15-20,22,24-25H2,2-4H3,(H,55,56)/b8-6-,28-27-/t34-/m1/s1. The van der Waals surface area contributed by atoms with Gasteiger partial charge in [-0.25, -0.2) is 14.2 Å². The van der Waals surface area contributed by atoms with E-state index in [1.54, 1.807) is 43.5 Å². The number of nitrogens with zero attached hydrogens (tertiary/aromatic N) is 6. The molecule has 5 aromatic rings. The van der Waals surface area contributed by atoms with Gasteiger partial charge in [0, 0.05) is 62.7 Å². The second kappa shape index (κ2) is 20.3. The first-order valence-corrected chi connectivity index (χ1v) is 20.3.